The molecule has 418 valence electrons. The van der Waals surface area contributed by atoms with Crippen molar-refractivity contribution in [1.29, 1.82) is 0 Å². The molecule has 0 unspecified atom stereocenters. The number of hydrogen-bond acceptors (Lipinski definition) is 0. The monoisotopic (exact) mass is 1060 g/mol. The van der Waals surface area contributed by atoms with Crippen LogP contribution >= 0.6 is 0 Å². The van der Waals surface area contributed by atoms with Gasteiger partial charge in [0.1, 0.15) is 0 Å². The van der Waals surface area contributed by atoms with Crippen LogP contribution in [-0.2, 0) is 43.3 Å². The van der Waals surface area contributed by atoms with E-state index in [0.29, 0.717) is 0 Å². The maximum atomic E-state index is 2.56. The highest BCUT2D eigenvalue weighted by atomic mass is 14.4. The Morgan fingerprint density at radius 1 is 0.175 bits per heavy atom. The fraction of sp³-hybridized carbons (Fsp3) is 0.400. The first kappa shape index (κ1) is 59.9. The largest absolute Gasteiger partial charge is 0.0622 e. The van der Waals surface area contributed by atoms with E-state index >= 15 is 0 Å². The maximum absolute atomic E-state index is 2.56. The predicted octanol–water partition coefficient (Wildman–Crippen LogP) is 23.7. The Hall–Kier alpha value is -6.24. The third-order valence-corrected chi connectivity index (χ3v) is 16.7. The molecule has 0 aliphatic carbocycles. The van der Waals surface area contributed by atoms with Crippen LogP contribution in [0.3, 0.4) is 0 Å². The molecule has 0 saturated carbocycles. The second kappa shape index (κ2) is 20.9. The molecule has 8 aromatic rings. The molecule has 8 rings (SSSR count). The van der Waals surface area contributed by atoms with E-state index < -0.39 is 0 Å². The van der Waals surface area contributed by atoms with E-state index in [1.54, 1.807) is 0 Å². The van der Waals surface area contributed by atoms with Crippen molar-refractivity contribution in [2.24, 2.45) is 0 Å². The molecule has 0 bridgehead atoms. The Bertz CT molecular complexity index is 3360. The van der Waals surface area contributed by atoms with Crippen LogP contribution in [0.15, 0.2) is 158 Å². The summed E-state index contributed by atoms with van der Waals surface area (Å²) in [5.41, 5.74) is 27.1. The quantitative estimate of drug-likeness (QED) is 0.149. The number of hydrogen-bond donors (Lipinski definition) is 0. The second-order valence-electron chi connectivity index (χ2n) is 31.6. The van der Waals surface area contributed by atoms with E-state index in [0.717, 1.165) is 0 Å². The summed E-state index contributed by atoms with van der Waals surface area (Å²) in [6.45, 7) is 57.4. The molecule has 0 amide bonds. The van der Waals surface area contributed by atoms with Gasteiger partial charge < -0.3 is 0 Å². The Kier molecular flexibility index (Phi) is 15.7. The first-order valence-electron chi connectivity index (χ1n) is 29.8. The Morgan fingerprint density at radius 3 is 0.600 bits per heavy atom. The first-order valence-corrected chi connectivity index (χ1v) is 29.8. The molecular formula is C80H98. The van der Waals surface area contributed by atoms with Crippen molar-refractivity contribution in [2.45, 2.75) is 209 Å². The van der Waals surface area contributed by atoms with Gasteiger partial charge >= 0.3 is 0 Å². The van der Waals surface area contributed by atoms with Crippen molar-refractivity contribution in [1.82, 2.24) is 0 Å². The van der Waals surface area contributed by atoms with Crippen molar-refractivity contribution in [2.75, 3.05) is 0 Å². The topological polar surface area (TPSA) is 0 Å². The molecule has 80 heavy (non-hydrogen) atoms. The molecule has 0 N–H and O–H groups in total. The highest BCUT2D eigenvalue weighted by molar-refractivity contribution is 6.16. The first-order chi connectivity index (χ1) is 36.8. The van der Waals surface area contributed by atoms with Crippen molar-refractivity contribution in [3.63, 3.8) is 0 Å². The normalized spacial score (nSPS) is 13.2. The van der Waals surface area contributed by atoms with Gasteiger partial charge in [0.15, 0.2) is 0 Å². The molecule has 0 aromatic heterocycles. The Balaban J connectivity index is 1.86. The Morgan fingerprint density at radius 2 is 0.375 bits per heavy atom. The molecule has 0 saturated heterocycles. The molecular weight excluding hydrogens is 961 g/mol. The van der Waals surface area contributed by atoms with E-state index in [9.17, 15) is 0 Å². The Labute approximate surface area is 487 Å². The zero-order valence-corrected chi connectivity index (χ0v) is 54.0. The van der Waals surface area contributed by atoms with Crippen LogP contribution in [0.2, 0.25) is 0 Å². The molecule has 0 atom stereocenters. The van der Waals surface area contributed by atoms with Gasteiger partial charge in [0.2, 0.25) is 0 Å². The lowest BCUT2D eigenvalue weighted by atomic mass is 9.66. The lowest BCUT2D eigenvalue weighted by Gasteiger charge is -2.37. The van der Waals surface area contributed by atoms with Gasteiger partial charge in [-0.3, -0.25) is 0 Å². The third-order valence-electron chi connectivity index (χ3n) is 16.7. The summed E-state index contributed by atoms with van der Waals surface area (Å²) in [6.07, 6.45) is 0. The van der Waals surface area contributed by atoms with Gasteiger partial charge in [-0.25, -0.2) is 0 Å². The maximum Gasteiger partial charge on any atom is -0.00108 e. The van der Waals surface area contributed by atoms with Crippen molar-refractivity contribution >= 4 is 0 Å². The molecule has 0 fully saturated rings. The smallest absolute Gasteiger partial charge is 0.00108 e. The lowest BCUT2D eigenvalue weighted by molar-refractivity contribution is 0.568. The average molecular weight is 1060 g/mol. The van der Waals surface area contributed by atoms with Gasteiger partial charge in [-0.2, -0.15) is 0 Å². The zero-order chi connectivity index (χ0) is 59.1. The SMILES string of the molecule is CC(C)(C)c1ccc(-c2c(-c3ccccc3)c(-c3ccc(C(C)(C)C)cc3C(C)(C)C)c(-c3ccc(C(C)(C)C)cc3C(C)(C)C)c(-c3ccc(-c4ccccc4)cc3)c2-c2ccc(C(C)(C)C)cc2C(C)(C)C)c(C(C)(C)C)c1. The van der Waals surface area contributed by atoms with Crippen LogP contribution in [0.5, 0.6) is 0 Å². The van der Waals surface area contributed by atoms with Crippen LogP contribution in [0.1, 0.15) is 211 Å². The van der Waals surface area contributed by atoms with Crippen LogP contribution < -0.4 is 0 Å². The van der Waals surface area contributed by atoms with E-state index in [-0.39, 0.29) is 43.3 Å². The summed E-state index contributed by atoms with van der Waals surface area (Å²) in [5.74, 6) is 0. The van der Waals surface area contributed by atoms with Crippen molar-refractivity contribution < 1.29 is 0 Å². The minimum Gasteiger partial charge on any atom is -0.0622 e. The van der Waals surface area contributed by atoms with Crippen molar-refractivity contribution in [3.05, 3.63) is 202 Å². The number of rotatable bonds is 7. The molecule has 0 radical (unpaired) electrons. The fourth-order valence-electron chi connectivity index (χ4n) is 11.9. The average Bonchev–Trinajstić information content (AvgIpc) is 3.36. The highest BCUT2D eigenvalue weighted by Crippen LogP contribution is 2.60. The van der Waals surface area contributed by atoms with Crippen LogP contribution in [0.4, 0.5) is 0 Å². The van der Waals surface area contributed by atoms with E-state index in [4.69, 9.17) is 0 Å². The molecule has 0 spiro atoms. The fourth-order valence-corrected chi connectivity index (χ4v) is 11.9. The minimum atomic E-state index is -0.232. The summed E-state index contributed by atoms with van der Waals surface area (Å²) in [5, 5.41) is 0. The lowest BCUT2D eigenvalue weighted by Crippen LogP contribution is -2.20. The van der Waals surface area contributed by atoms with Gasteiger partial charge in [-0.15, -0.1) is 0 Å². The number of benzene rings is 8. The van der Waals surface area contributed by atoms with Gasteiger partial charge in [-0.1, -0.05) is 324 Å². The molecule has 0 nitrogen and oxygen atoms in total. The van der Waals surface area contributed by atoms with E-state index in [1.807, 2.05) is 0 Å². The van der Waals surface area contributed by atoms with Gasteiger partial charge in [-0.05, 0) is 166 Å². The van der Waals surface area contributed by atoms with Crippen molar-refractivity contribution in [3.8, 4) is 77.9 Å². The second-order valence-corrected chi connectivity index (χ2v) is 31.6. The van der Waals surface area contributed by atoms with E-state index in [2.05, 4.69) is 324 Å². The summed E-state index contributed by atoms with van der Waals surface area (Å²) >= 11 is 0. The van der Waals surface area contributed by atoms with Crippen LogP contribution in [0, 0.1) is 0 Å². The summed E-state index contributed by atoms with van der Waals surface area (Å²) in [4.78, 5) is 0. The summed E-state index contributed by atoms with van der Waals surface area (Å²) in [6, 6.07) is 62.1. The minimum absolute atomic E-state index is 0.0640. The van der Waals surface area contributed by atoms with Gasteiger partial charge in [0, 0.05) is 0 Å². The van der Waals surface area contributed by atoms with Crippen LogP contribution in [-0.4, -0.2) is 0 Å². The predicted molar refractivity (Wildman–Crippen MR) is 354 cm³/mol. The highest BCUT2D eigenvalue weighted by Gasteiger charge is 2.38. The van der Waals surface area contributed by atoms with Gasteiger partial charge in [0.05, 0.1) is 0 Å². The summed E-state index contributed by atoms with van der Waals surface area (Å²) < 4.78 is 0. The molecule has 0 heterocycles. The molecule has 0 aliphatic rings. The molecule has 0 aliphatic heterocycles. The third kappa shape index (κ3) is 12.2. The summed E-state index contributed by atoms with van der Waals surface area (Å²) in [7, 11) is 0. The zero-order valence-electron chi connectivity index (χ0n) is 54.0. The standard InChI is InChI=1S/C80H98/c1-73(2,3)55-39-43-59(63(47-55)77(13,14)15)69-67(53-33-29-26-30-34-53)70(60-44-40-56(74(4,5)6)48-64(60)78(16,17)18)72(62-46-42-58(76(10,11)12)50-66(62)80(22,23)24)68(54-37-35-52(36-38-54)51-31-27-25-28-32-51)71(69)61-45-41-57(75(7,8)9)49-65(61)79(19,20)21/h25-50H,1-24H3. The molecule has 0 heteroatoms. The van der Waals surface area contributed by atoms with E-state index in [1.165, 1.54) is 122 Å². The van der Waals surface area contributed by atoms with Gasteiger partial charge in [0.25, 0.3) is 0 Å². The van der Waals surface area contributed by atoms with Crippen LogP contribution in [0.25, 0.3) is 77.9 Å². The molecule has 8 aromatic carbocycles.